The van der Waals surface area contributed by atoms with Gasteiger partial charge in [0.15, 0.2) is 0 Å². The molecule has 2 rings (SSSR count). The normalized spacial score (nSPS) is 13.4. The quantitative estimate of drug-likeness (QED) is 0.190. The lowest BCUT2D eigenvalue weighted by Crippen LogP contribution is -2.25. The maximum Gasteiger partial charge on any atom is 0.418 e. The van der Waals surface area contributed by atoms with E-state index < -0.39 is 57.0 Å². The summed E-state index contributed by atoms with van der Waals surface area (Å²) in [5.74, 6) is -2.25. The van der Waals surface area contributed by atoms with Crippen molar-refractivity contribution in [2.45, 2.75) is 77.7 Å². The fraction of sp³-hybridized carbons (Fsp3) is 0.464. The van der Waals surface area contributed by atoms with Gasteiger partial charge in [0.05, 0.1) is 29.1 Å². The Bertz CT molecular complexity index is 1340. The zero-order valence-corrected chi connectivity index (χ0v) is 23.9. The maximum atomic E-state index is 14.6. The molecule has 228 valence electrons. The average molecular weight is 611 g/mol. The number of alkyl halides is 6. The van der Waals surface area contributed by atoms with Crippen molar-refractivity contribution < 1.29 is 43.9 Å². The number of carbonyl (C=O) groups excluding carboxylic acids is 1. The molecular formula is C28H33F7N2O3S. The number of amides is 1. The number of hydrogen-bond acceptors (Lipinski definition) is 3. The molecule has 0 saturated carbocycles. The van der Waals surface area contributed by atoms with Gasteiger partial charge in [0.2, 0.25) is 15.9 Å². The standard InChI is InChI=1S/C28H33F7N2O3S/c1-5-7-9-18-13-21(27(30,31)32)14-19(10-8-6-2)22(18)11-12-25(38)36-17(3)20-15-23(28(33,34)35)26(24(29)16-20)37-41(4,39)40/h11-17,37H,5-10H2,1-4H3,(H,36,38)/b12-11+/t17-/m1/s1. The molecule has 0 aliphatic heterocycles. The topological polar surface area (TPSA) is 75.3 Å². The van der Waals surface area contributed by atoms with Crippen molar-refractivity contribution in [1.82, 2.24) is 5.32 Å². The van der Waals surface area contributed by atoms with Crippen molar-refractivity contribution in [1.29, 1.82) is 0 Å². The van der Waals surface area contributed by atoms with E-state index in [9.17, 15) is 43.9 Å². The molecule has 5 nitrogen and oxygen atoms in total. The minimum absolute atomic E-state index is 0.280. The van der Waals surface area contributed by atoms with Crippen molar-refractivity contribution in [3.05, 3.63) is 69.5 Å². The van der Waals surface area contributed by atoms with Crippen LogP contribution in [0.1, 0.15) is 85.9 Å². The molecule has 13 heteroatoms. The van der Waals surface area contributed by atoms with Crippen LogP contribution in [-0.2, 0) is 40.0 Å². The predicted molar refractivity (Wildman–Crippen MR) is 144 cm³/mol. The van der Waals surface area contributed by atoms with Crippen LogP contribution in [0, 0.1) is 5.82 Å². The van der Waals surface area contributed by atoms with Crippen LogP contribution in [0.2, 0.25) is 0 Å². The molecule has 2 aromatic rings. The van der Waals surface area contributed by atoms with Crippen molar-refractivity contribution >= 4 is 27.7 Å². The van der Waals surface area contributed by atoms with E-state index >= 15 is 0 Å². The predicted octanol–water partition coefficient (Wildman–Crippen LogP) is 7.81. The first-order chi connectivity index (χ1) is 18.9. The van der Waals surface area contributed by atoms with Gasteiger partial charge >= 0.3 is 12.4 Å². The largest absolute Gasteiger partial charge is 0.418 e. The Hall–Kier alpha value is -3.09. The first-order valence-corrected chi connectivity index (χ1v) is 14.9. The molecule has 0 saturated heterocycles. The third-order valence-corrected chi connectivity index (χ3v) is 6.82. The van der Waals surface area contributed by atoms with Gasteiger partial charge in [-0.3, -0.25) is 9.52 Å². The third-order valence-electron chi connectivity index (χ3n) is 6.24. The zero-order valence-electron chi connectivity index (χ0n) is 23.1. The summed E-state index contributed by atoms with van der Waals surface area (Å²) in [6.45, 7) is 5.10. The number of nitrogens with one attached hydrogen (secondary N) is 2. The number of rotatable bonds is 12. The van der Waals surface area contributed by atoms with Gasteiger partial charge in [0.1, 0.15) is 5.82 Å². The first-order valence-electron chi connectivity index (χ1n) is 13.0. The summed E-state index contributed by atoms with van der Waals surface area (Å²) in [5, 5.41) is 2.42. The molecule has 0 radical (unpaired) electrons. The Morgan fingerprint density at radius 1 is 0.927 bits per heavy atom. The van der Waals surface area contributed by atoms with Crippen LogP contribution in [0.5, 0.6) is 0 Å². The molecule has 0 heterocycles. The molecule has 0 aromatic heterocycles. The smallest absolute Gasteiger partial charge is 0.346 e. The Morgan fingerprint density at radius 2 is 1.46 bits per heavy atom. The van der Waals surface area contributed by atoms with E-state index in [-0.39, 0.29) is 5.56 Å². The summed E-state index contributed by atoms with van der Waals surface area (Å²) in [7, 11) is -4.23. The molecule has 0 aliphatic carbocycles. The Labute approximate surface area is 235 Å². The zero-order chi connectivity index (χ0) is 31.2. The summed E-state index contributed by atoms with van der Waals surface area (Å²) in [6.07, 6.45) is -3.21. The van der Waals surface area contributed by atoms with Gasteiger partial charge in [-0.25, -0.2) is 12.8 Å². The van der Waals surface area contributed by atoms with Crippen LogP contribution < -0.4 is 10.0 Å². The first kappa shape index (κ1) is 34.1. The van der Waals surface area contributed by atoms with Gasteiger partial charge in [-0.2, -0.15) is 26.3 Å². The second-order valence-electron chi connectivity index (χ2n) is 9.77. The number of aryl methyl sites for hydroxylation is 2. The number of anilines is 1. The molecule has 0 unspecified atom stereocenters. The molecule has 2 N–H and O–H groups in total. The van der Waals surface area contributed by atoms with Crippen molar-refractivity contribution in [2.24, 2.45) is 0 Å². The lowest BCUT2D eigenvalue weighted by molar-refractivity contribution is -0.138. The van der Waals surface area contributed by atoms with Gasteiger partial charge in [-0.1, -0.05) is 26.7 Å². The van der Waals surface area contributed by atoms with E-state index in [1.807, 2.05) is 13.8 Å². The summed E-state index contributed by atoms with van der Waals surface area (Å²) in [4.78, 5) is 12.7. The highest BCUT2D eigenvalue weighted by Gasteiger charge is 2.37. The number of benzene rings is 2. The van der Waals surface area contributed by atoms with Crippen LogP contribution in [0.4, 0.5) is 36.4 Å². The van der Waals surface area contributed by atoms with E-state index in [1.54, 1.807) is 0 Å². The number of hydrogen-bond donors (Lipinski definition) is 2. The molecule has 1 atom stereocenters. The molecule has 0 aliphatic rings. The summed E-state index contributed by atoms with van der Waals surface area (Å²) < 4.78 is 121. The SMILES string of the molecule is CCCCc1cc(C(F)(F)F)cc(CCCC)c1/C=C/C(=O)N[C@H](C)c1cc(F)c(NS(C)(=O)=O)c(C(F)(F)F)c1. The van der Waals surface area contributed by atoms with Crippen molar-refractivity contribution in [3.8, 4) is 0 Å². The highest BCUT2D eigenvalue weighted by atomic mass is 32.2. The van der Waals surface area contributed by atoms with Crippen LogP contribution in [0.3, 0.4) is 0 Å². The summed E-state index contributed by atoms with van der Waals surface area (Å²) in [6, 6.07) is 2.21. The van der Waals surface area contributed by atoms with Gasteiger partial charge in [0, 0.05) is 6.08 Å². The van der Waals surface area contributed by atoms with E-state index in [0.717, 1.165) is 31.1 Å². The van der Waals surface area contributed by atoms with E-state index in [0.29, 0.717) is 60.8 Å². The lowest BCUT2D eigenvalue weighted by atomic mass is 9.91. The summed E-state index contributed by atoms with van der Waals surface area (Å²) >= 11 is 0. The van der Waals surface area contributed by atoms with Gasteiger partial charge in [-0.15, -0.1) is 0 Å². The fourth-order valence-electron chi connectivity index (χ4n) is 4.20. The second kappa shape index (κ2) is 13.7. The van der Waals surface area contributed by atoms with Crippen LogP contribution in [0.25, 0.3) is 6.08 Å². The molecule has 2 aromatic carbocycles. The molecule has 0 fully saturated rings. The maximum absolute atomic E-state index is 14.6. The summed E-state index contributed by atoms with van der Waals surface area (Å²) in [5.41, 5.74) is -2.56. The van der Waals surface area contributed by atoms with Gasteiger partial charge in [-0.05, 0) is 85.2 Å². The molecule has 41 heavy (non-hydrogen) atoms. The molecule has 1 amide bonds. The van der Waals surface area contributed by atoms with Crippen LogP contribution in [-0.4, -0.2) is 20.6 Å². The Balaban J connectivity index is 2.43. The monoisotopic (exact) mass is 610 g/mol. The number of halogens is 7. The third kappa shape index (κ3) is 10.0. The highest BCUT2D eigenvalue weighted by molar-refractivity contribution is 7.92. The Morgan fingerprint density at radius 3 is 1.90 bits per heavy atom. The van der Waals surface area contributed by atoms with Crippen LogP contribution in [0.15, 0.2) is 30.3 Å². The van der Waals surface area contributed by atoms with Gasteiger partial charge in [0.25, 0.3) is 0 Å². The number of unbranched alkanes of at least 4 members (excludes halogenated alkanes) is 2. The van der Waals surface area contributed by atoms with E-state index in [4.69, 9.17) is 0 Å². The minimum atomic E-state index is -5.11. The fourth-order valence-corrected chi connectivity index (χ4v) is 4.78. The number of sulfonamides is 1. The van der Waals surface area contributed by atoms with E-state index in [1.165, 1.54) is 17.7 Å². The van der Waals surface area contributed by atoms with Crippen LogP contribution >= 0.6 is 0 Å². The average Bonchev–Trinajstić information content (AvgIpc) is 2.83. The van der Waals surface area contributed by atoms with E-state index in [2.05, 4.69) is 5.32 Å². The van der Waals surface area contributed by atoms with Crippen molar-refractivity contribution in [2.75, 3.05) is 11.0 Å². The molecule has 0 bridgehead atoms. The van der Waals surface area contributed by atoms with Gasteiger partial charge < -0.3 is 5.32 Å². The lowest BCUT2D eigenvalue weighted by Gasteiger charge is -2.19. The Kier molecular flexibility index (Phi) is 11.4. The molecular weight excluding hydrogens is 577 g/mol. The van der Waals surface area contributed by atoms with Crippen molar-refractivity contribution in [3.63, 3.8) is 0 Å². The molecule has 0 spiro atoms. The number of carbonyl (C=O) groups is 1. The second-order valence-corrected chi connectivity index (χ2v) is 11.5. The minimum Gasteiger partial charge on any atom is -0.346 e. The highest BCUT2D eigenvalue weighted by Crippen LogP contribution is 2.39.